The third-order valence-corrected chi connectivity index (χ3v) is 3.80. The van der Waals surface area contributed by atoms with E-state index in [-0.39, 0.29) is 17.8 Å². The molecule has 0 unspecified atom stereocenters. The van der Waals surface area contributed by atoms with E-state index in [1.54, 1.807) is 0 Å². The van der Waals surface area contributed by atoms with Gasteiger partial charge in [-0.3, -0.25) is 4.79 Å². The summed E-state index contributed by atoms with van der Waals surface area (Å²) in [7, 11) is 0. The molecule has 2 nitrogen and oxygen atoms in total. The van der Waals surface area contributed by atoms with Gasteiger partial charge in [-0.2, -0.15) is 0 Å². The van der Waals surface area contributed by atoms with Crippen LogP contribution < -0.4 is 5.32 Å². The van der Waals surface area contributed by atoms with E-state index in [0.29, 0.717) is 5.56 Å². The Labute approximate surface area is 125 Å². The van der Waals surface area contributed by atoms with Crippen molar-refractivity contribution < 1.29 is 9.18 Å². The predicted molar refractivity (Wildman–Crippen MR) is 82.9 cm³/mol. The van der Waals surface area contributed by atoms with E-state index in [2.05, 4.69) is 31.3 Å². The molecule has 0 aliphatic heterocycles. The van der Waals surface area contributed by atoms with Gasteiger partial charge in [0.15, 0.2) is 0 Å². The smallest absolute Gasteiger partial charge is 0.251 e. The lowest BCUT2D eigenvalue weighted by molar-refractivity contribution is 0.0940. The Bertz CT molecular complexity index is 662. The number of nitrogens with one attached hydrogen (secondary N) is 1. The molecule has 2 rings (SSSR count). The van der Waals surface area contributed by atoms with Crippen molar-refractivity contribution in [2.45, 2.75) is 33.7 Å². The van der Waals surface area contributed by atoms with E-state index in [4.69, 9.17) is 0 Å². The summed E-state index contributed by atoms with van der Waals surface area (Å²) >= 11 is 0. The van der Waals surface area contributed by atoms with Gasteiger partial charge in [0.2, 0.25) is 0 Å². The highest BCUT2D eigenvalue weighted by atomic mass is 19.1. The predicted octanol–water partition coefficient (Wildman–Crippen LogP) is 4.24. The van der Waals surface area contributed by atoms with Crippen LogP contribution in [0.1, 0.15) is 45.6 Å². The lowest BCUT2D eigenvalue weighted by Crippen LogP contribution is -2.27. The van der Waals surface area contributed by atoms with Crippen LogP contribution in [0, 0.1) is 26.6 Å². The van der Waals surface area contributed by atoms with E-state index in [1.165, 1.54) is 35.4 Å². The topological polar surface area (TPSA) is 29.1 Å². The normalized spacial score (nSPS) is 12.0. The largest absolute Gasteiger partial charge is 0.346 e. The van der Waals surface area contributed by atoms with Crippen LogP contribution in [0.5, 0.6) is 0 Å². The van der Waals surface area contributed by atoms with Gasteiger partial charge >= 0.3 is 0 Å². The summed E-state index contributed by atoms with van der Waals surface area (Å²) in [6.45, 7) is 8.14. The fourth-order valence-corrected chi connectivity index (χ4v) is 2.41. The summed E-state index contributed by atoms with van der Waals surface area (Å²) in [5.41, 5.74) is 5.18. The van der Waals surface area contributed by atoms with Crippen molar-refractivity contribution in [3.05, 3.63) is 70.0 Å². The minimum absolute atomic E-state index is 0.0955. The molecule has 2 aromatic carbocycles. The molecule has 1 atom stereocenters. The zero-order valence-electron chi connectivity index (χ0n) is 12.8. The highest BCUT2D eigenvalue weighted by molar-refractivity contribution is 5.94. The van der Waals surface area contributed by atoms with Crippen LogP contribution in [0.4, 0.5) is 4.39 Å². The van der Waals surface area contributed by atoms with E-state index in [1.807, 2.05) is 13.8 Å². The zero-order chi connectivity index (χ0) is 15.6. The van der Waals surface area contributed by atoms with Gasteiger partial charge in [0.05, 0.1) is 6.04 Å². The molecular weight excluding hydrogens is 265 g/mol. The summed E-state index contributed by atoms with van der Waals surface area (Å²) in [5, 5.41) is 2.96. The summed E-state index contributed by atoms with van der Waals surface area (Å²) in [5.74, 6) is -0.537. The molecule has 0 bridgehead atoms. The Hall–Kier alpha value is -2.16. The summed E-state index contributed by atoms with van der Waals surface area (Å²) in [4.78, 5) is 12.2. The van der Waals surface area contributed by atoms with Gasteiger partial charge in [-0.25, -0.2) is 4.39 Å². The number of carbonyl (C=O) groups is 1. The van der Waals surface area contributed by atoms with Crippen molar-refractivity contribution in [2.75, 3.05) is 0 Å². The van der Waals surface area contributed by atoms with Crippen LogP contribution in [-0.2, 0) is 0 Å². The van der Waals surface area contributed by atoms with Gasteiger partial charge in [-0.15, -0.1) is 0 Å². The second-order valence-corrected chi connectivity index (χ2v) is 5.50. The first-order valence-electron chi connectivity index (χ1n) is 7.02. The highest BCUT2D eigenvalue weighted by Gasteiger charge is 2.14. The van der Waals surface area contributed by atoms with Crippen molar-refractivity contribution in [1.82, 2.24) is 5.32 Å². The number of aryl methyl sites for hydroxylation is 3. The molecule has 0 heterocycles. The molecular formula is C18H20FNO. The third-order valence-electron chi connectivity index (χ3n) is 3.80. The first-order chi connectivity index (χ1) is 9.88. The van der Waals surface area contributed by atoms with Crippen LogP contribution in [0.15, 0.2) is 36.4 Å². The monoisotopic (exact) mass is 285 g/mol. The van der Waals surface area contributed by atoms with Crippen LogP contribution in [-0.4, -0.2) is 5.91 Å². The van der Waals surface area contributed by atoms with Crippen molar-refractivity contribution in [3.8, 4) is 0 Å². The molecule has 0 saturated carbocycles. The van der Waals surface area contributed by atoms with E-state index >= 15 is 0 Å². The van der Waals surface area contributed by atoms with Crippen molar-refractivity contribution >= 4 is 5.91 Å². The molecule has 0 aliphatic carbocycles. The summed E-state index contributed by atoms with van der Waals surface area (Å²) in [6, 6.07) is 9.71. The van der Waals surface area contributed by atoms with Crippen LogP contribution in [0.25, 0.3) is 0 Å². The number of benzene rings is 2. The van der Waals surface area contributed by atoms with Crippen LogP contribution >= 0.6 is 0 Å². The van der Waals surface area contributed by atoms with Crippen molar-refractivity contribution in [2.24, 2.45) is 0 Å². The second-order valence-electron chi connectivity index (χ2n) is 5.50. The molecule has 1 amide bonds. The molecule has 0 aliphatic rings. The lowest BCUT2D eigenvalue weighted by atomic mass is 9.96. The highest BCUT2D eigenvalue weighted by Crippen LogP contribution is 2.22. The fraction of sp³-hybridized carbons (Fsp3) is 0.278. The Morgan fingerprint density at radius 1 is 1.00 bits per heavy atom. The lowest BCUT2D eigenvalue weighted by Gasteiger charge is -2.18. The Morgan fingerprint density at radius 3 is 2.19 bits per heavy atom. The van der Waals surface area contributed by atoms with Crippen molar-refractivity contribution in [3.63, 3.8) is 0 Å². The molecule has 0 spiro atoms. The first-order valence-corrected chi connectivity index (χ1v) is 7.02. The maximum Gasteiger partial charge on any atom is 0.251 e. The Kier molecular flexibility index (Phi) is 4.41. The van der Waals surface area contributed by atoms with Gasteiger partial charge in [0.25, 0.3) is 5.91 Å². The molecule has 0 aromatic heterocycles. The fourth-order valence-electron chi connectivity index (χ4n) is 2.41. The Morgan fingerprint density at radius 2 is 1.57 bits per heavy atom. The van der Waals surface area contributed by atoms with Gasteiger partial charge in [-0.05, 0) is 74.2 Å². The van der Waals surface area contributed by atoms with Crippen LogP contribution in [0.2, 0.25) is 0 Å². The van der Waals surface area contributed by atoms with E-state index in [9.17, 15) is 9.18 Å². The number of hydrogen-bond donors (Lipinski definition) is 1. The molecule has 21 heavy (non-hydrogen) atoms. The average molecular weight is 285 g/mol. The average Bonchev–Trinajstić information content (AvgIpc) is 2.43. The molecule has 0 saturated heterocycles. The summed E-state index contributed by atoms with van der Waals surface area (Å²) in [6.07, 6.45) is 0. The maximum atomic E-state index is 12.9. The van der Waals surface area contributed by atoms with Gasteiger partial charge in [0.1, 0.15) is 5.82 Å². The van der Waals surface area contributed by atoms with Crippen molar-refractivity contribution in [1.29, 1.82) is 0 Å². The van der Waals surface area contributed by atoms with Gasteiger partial charge in [-0.1, -0.05) is 12.1 Å². The first kappa shape index (κ1) is 15.2. The number of amides is 1. The van der Waals surface area contributed by atoms with E-state index in [0.717, 1.165) is 11.1 Å². The van der Waals surface area contributed by atoms with Gasteiger partial charge < -0.3 is 5.32 Å². The molecule has 1 N–H and O–H groups in total. The number of halogens is 1. The number of carbonyl (C=O) groups excluding carboxylic acids is 1. The zero-order valence-corrected chi connectivity index (χ0v) is 12.8. The number of hydrogen-bond acceptors (Lipinski definition) is 1. The van der Waals surface area contributed by atoms with Gasteiger partial charge in [0, 0.05) is 5.56 Å². The molecule has 3 heteroatoms. The van der Waals surface area contributed by atoms with Crippen LogP contribution in [0.3, 0.4) is 0 Å². The quantitative estimate of drug-likeness (QED) is 0.897. The maximum absolute atomic E-state index is 12.9. The second kappa shape index (κ2) is 6.08. The molecule has 0 radical (unpaired) electrons. The third kappa shape index (κ3) is 3.48. The summed E-state index contributed by atoms with van der Waals surface area (Å²) < 4.78 is 12.9. The number of rotatable bonds is 3. The SMILES string of the molecule is Cc1cc(C)c([C@H](C)NC(=O)c2ccc(F)cc2)cc1C. The molecule has 110 valence electrons. The standard InChI is InChI=1S/C18H20FNO/c1-11-9-13(3)17(10-12(11)2)14(4)20-18(21)15-5-7-16(19)8-6-15/h5-10,14H,1-4H3,(H,20,21)/t14-/m0/s1. The minimum Gasteiger partial charge on any atom is -0.346 e. The molecule has 0 fully saturated rings. The Balaban J connectivity index is 2.18. The van der Waals surface area contributed by atoms with E-state index < -0.39 is 0 Å². The molecule has 2 aromatic rings. The minimum atomic E-state index is -0.343.